The molecular weight excluding hydrogens is 269 g/mol. The molecule has 3 nitrogen and oxygen atoms in total. The first-order valence-electron chi connectivity index (χ1n) is 6.61. The van der Waals surface area contributed by atoms with E-state index < -0.39 is 0 Å². The van der Waals surface area contributed by atoms with E-state index in [2.05, 4.69) is 10.00 Å². The Labute approximate surface area is 119 Å². The number of hydrogen-bond acceptors (Lipinski definition) is 2. The van der Waals surface area contributed by atoms with Gasteiger partial charge < -0.3 is 0 Å². The first-order valence-corrected chi connectivity index (χ1v) is 7.52. The van der Waals surface area contributed by atoms with Crippen LogP contribution >= 0.6 is 23.2 Å². The Morgan fingerprint density at radius 2 is 2.11 bits per heavy atom. The highest BCUT2D eigenvalue weighted by Crippen LogP contribution is 2.25. The Morgan fingerprint density at radius 1 is 1.33 bits per heavy atom. The zero-order chi connectivity index (χ0) is 13.1. The molecule has 1 aromatic heterocycles. The van der Waals surface area contributed by atoms with Crippen molar-refractivity contribution in [2.24, 2.45) is 7.05 Å². The topological polar surface area (TPSA) is 21.1 Å². The molecule has 1 fully saturated rings. The number of hydrogen-bond donors (Lipinski definition) is 0. The molecule has 2 heterocycles. The molecule has 18 heavy (non-hydrogen) atoms. The molecule has 5 heteroatoms. The number of nitrogens with zero attached hydrogens (tertiary/aromatic N) is 3. The van der Waals surface area contributed by atoms with Crippen LogP contribution in [0.15, 0.2) is 0 Å². The van der Waals surface area contributed by atoms with E-state index in [1.165, 1.54) is 25.7 Å². The van der Waals surface area contributed by atoms with E-state index in [4.69, 9.17) is 23.2 Å². The smallest absolute Gasteiger partial charge is 0.0860 e. The summed E-state index contributed by atoms with van der Waals surface area (Å²) in [5.74, 6) is 0.703. The van der Waals surface area contributed by atoms with Crippen molar-refractivity contribution in [1.29, 1.82) is 0 Å². The summed E-state index contributed by atoms with van der Waals surface area (Å²) in [5, 5.41) is 5.18. The van der Waals surface area contributed by atoms with Crippen LogP contribution in [0.2, 0.25) is 5.02 Å². The average molecular weight is 290 g/mol. The second-order valence-corrected chi connectivity index (χ2v) is 5.78. The lowest BCUT2D eigenvalue weighted by molar-refractivity contribution is 0.202. The maximum absolute atomic E-state index is 6.32. The van der Waals surface area contributed by atoms with Crippen LogP contribution < -0.4 is 0 Å². The molecule has 0 aliphatic carbocycles. The summed E-state index contributed by atoms with van der Waals surface area (Å²) in [4.78, 5) is 2.46. The van der Waals surface area contributed by atoms with Crippen LogP contribution in [-0.4, -0.2) is 33.1 Å². The van der Waals surface area contributed by atoms with E-state index in [9.17, 15) is 0 Å². The summed E-state index contributed by atoms with van der Waals surface area (Å²) < 4.78 is 1.90. The van der Waals surface area contributed by atoms with Gasteiger partial charge in [-0.15, -0.1) is 11.6 Å². The Morgan fingerprint density at radius 3 is 2.72 bits per heavy atom. The monoisotopic (exact) mass is 289 g/mol. The third-order valence-electron chi connectivity index (χ3n) is 3.79. The third kappa shape index (κ3) is 3.01. The number of halogens is 2. The Balaban J connectivity index is 2.15. The van der Waals surface area contributed by atoms with Crippen LogP contribution in [0.5, 0.6) is 0 Å². The van der Waals surface area contributed by atoms with E-state index in [0.29, 0.717) is 11.9 Å². The maximum Gasteiger partial charge on any atom is 0.0860 e. The van der Waals surface area contributed by atoms with Crippen LogP contribution in [-0.2, 0) is 13.6 Å². The van der Waals surface area contributed by atoms with Gasteiger partial charge in [-0.25, -0.2) is 0 Å². The van der Waals surface area contributed by atoms with Crippen LogP contribution in [0.1, 0.15) is 37.1 Å². The van der Waals surface area contributed by atoms with Crippen molar-refractivity contribution in [2.75, 3.05) is 12.4 Å². The zero-order valence-corrected chi connectivity index (χ0v) is 12.6. The molecule has 1 atom stereocenters. The SMILES string of the molecule is Cc1nn(C)c(CN2CCCCCC2CCl)c1Cl. The summed E-state index contributed by atoms with van der Waals surface area (Å²) >= 11 is 12.4. The molecule has 0 radical (unpaired) electrons. The molecule has 0 spiro atoms. The fourth-order valence-electron chi connectivity index (χ4n) is 2.66. The molecule has 1 saturated heterocycles. The minimum atomic E-state index is 0.473. The summed E-state index contributed by atoms with van der Waals surface area (Å²) in [7, 11) is 1.96. The summed E-state index contributed by atoms with van der Waals surface area (Å²) in [6.45, 7) is 3.92. The van der Waals surface area contributed by atoms with Gasteiger partial charge in [0, 0.05) is 25.5 Å². The molecule has 102 valence electrons. The van der Waals surface area contributed by atoms with Crippen molar-refractivity contribution in [1.82, 2.24) is 14.7 Å². The van der Waals surface area contributed by atoms with E-state index in [0.717, 1.165) is 29.5 Å². The molecule has 0 saturated carbocycles. The first-order chi connectivity index (χ1) is 8.63. The van der Waals surface area contributed by atoms with Gasteiger partial charge in [0.15, 0.2) is 0 Å². The quantitative estimate of drug-likeness (QED) is 0.796. The van der Waals surface area contributed by atoms with Gasteiger partial charge in [0.2, 0.25) is 0 Å². The number of alkyl halides is 1. The van der Waals surface area contributed by atoms with Crippen LogP contribution in [0.3, 0.4) is 0 Å². The lowest BCUT2D eigenvalue weighted by atomic mass is 10.1. The van der Waals surface area contributed by atoms with Gasteiger partial charge in [-0.1, -0.05) is 24.4 Å². The van der Waals surface area contributed by atoms with Gasteiger partial charge >= 0.3 is 0 Å². The van der Waals surface area contributed by atoms with Crippen molar-refractivity contribution in [3.8, 4) is 0 Å². The van der Waals surface area contributed by atoms with Crippen molar-refractivity contribution < 1.29 is 0 Å². The van der Waals surface area contributed by atoms with Crippen LogP contribution in [0, 0.1) is 6.92 Å². The Hall–Kier alpha value is -0.250. The zero-order valence-electron chi connectivity index (χ0n) is 11.1. The standard InChI is InChI=1S/C13H21Cl2N3/c1-10-13(15)12(17(2)16-10)9-18-7-5-3-4-6-11(18)8-14/h11H,3-9H2,1-2H3. The molecular formula is C13H21Cl2N3. The summed E-state index contributed by atoms with van der Waals surface area (Å²) in [6.07, 6.45) is 5.04. The normalized spacial score (nSPS) is 22.1. The number of rotatable bonds is 3. The largest absolute Gasteiger partial charge is 0.293 e. The minimum absolute atomic E-state index is 0.473. The molecule has 0 amide bonds. The summed E-state index contributed by atoms with van der Waals surface area (Å²) in [5.41, 5.74) is 2.01. The molecule has 0 aromatic carbocycles. The molecule has 1 aliphatic heterocycles. The van der Waals surface area contributed by atoms with E-state index in [1.54, 1.807) is 0 Å². The molecule has 1 aromatic rings. The van der Waals surface area contributed by atoms with Gasteiger partial charge in [-0.3, -0.25) is 9.58 Å². The Bertz CT molecular complexity index is 403. The molecule has 1 unspecified atom stereocenters. The van der Waals surface area contributed by atoms with Crippen molar-refractivity contribution in [3.05, 3.63) is 16.4 Å². The van der Waals surface area contributed by atoms with Gasteiger partial charge in [0.05, 0.1) is 16.4 Å². The molecule has 1 aliphatic rings. The van der Waals surface area contributed by atoms with E-state index in [-0.39, 0.29) is 0 Å². The maximum atomic E-state index is 6.32. The van der Waals surface area contributed by atoms with Crippen LogP contribution in [0.4, 0.5) is 0 Å². The molecule has 2 rings (SSSR count). The number of likely N-dealkylation sites (tertiary alicyclic amines) is 1. The van der Waals surface area contributed by atoms with E-state index in [1.807, 2.05) is 18.7 Å². The van der Waals surface area contributed by atoms with Crippen molar-refractivity contribution in [2.45, 2.75) is 45.2 Å². The molecule has 0 bridgehead atoms. The van der Waals surface area contributed by atoms with Gasteiger partial charge in [-0.2, -0.15) is 5.10 Å². The highest BCUT2D eigenvalue weighted by atomic mass is 35.5. The lowest BCUT2D eigenvalue weighted by Gasteiger charge is -2.28. The fourth-order valence-corrected chi connectivity index (χ4v) is 3.23. The lowest BCUT2D eigenvalue weighted by Crippen LogP contribution is -2.36. The predicted molar refractivity (Wildman–Crippen MR) is 76.3 cm³/mol. The second kappa shape index (κ2) is 6.27. The summed E-state index contributed by atoms with van der Waals surface area (Å²) in [6, 6.07) is 0.473. The fraction of sp³-hybridized carbons (Fsp3) is 0.769. The van der Waals surface area contributed by atoms with Crippen molar-refractivity contribution >= 4 is 23.2 Å². The first kappa shape index (κ1) is 14.2. The Kier molecular flexibility index (Phi) is 4.93. The predicted octanol–water partition coefficient (Wildman–Crippen LogP) is 3.37. The van der Waals surface area contributed by atoms with Crippen molar-refractivity contribution in [3.63, 3.8) is 0 Å². The number of aromatic nitrogens is 2. The third-order valence-corrected chi connectivity index (χ3v) is 4.64. The van der Waals surface area contributed by atoms with Gasteiger partial charge in [0.25, 0.3) is 0 Å². The minimum Gasteiger partial charge on any atom is -0.293 e. The van der Waals surface area contributed by atoms with Crippen LogP contribution in [0.25, 0.3) is 0 Å². The van der Waals surface area contributed by atoms with Gasteiger partial charge in [0.1, 0.15) is 0 Å². The van der Waals surface area contributed by atoms with E-state index >= 15 is 0 Å². The molecule has 0 N–H and O–H groups in total. The van der Waals surface area contributed by atoms with Gasteiger partial charge in [-0.05, 0) is 26.3 Å². The highest BCUT2D eigenvalue weighted by Gasteiger charge is 2.23. The average Bonchev–Trinajstić information content (AvgIpc) is 2.56. The highest BCUT2D eigenvalue weighted by molar-refractivity contribution is 6.31. The number of aryl methyl sites for hydroxylation is 2. The second-order valence-electron chi connectivity index (χ2n) is 5.10.